The first-order valence-corrected chi connectivity index (χ1v) is 12.7. The average Bonchev–Trinajstić information content (AvgIpc) is 3.14. The minimum Gasteiger partial charge on any atom is -0.481 e. The van der Waals surface area contributed by atoms with Crippen molar-refractivity contribution >= 4 is 17.7 Å². The van der Waals surface area contributed by atoms with E-state index in [1.807, 2.05) is 11.0 Å². The van der Waals surface area contributed by atoms with E-state index < -0.39 is 5.97 Å². The van der Waals surface area contributed by atoms with Crippen molar-refractivity contribution < 1.29 is 19.4 Å². The molecule has 35 heavy (non-hydrogen) atoms. The summed E-state index contributed by atoms with van der Waals surface area (Å²) in [6, 6.07) is 8.10. The SMILES string of the molecule is COc1ccc(C(CCCN2C(=O)C(CCc3ccc4c(n3)NCCC4)CC2C)CC(=O)O)cn1. The third-order valence-electron chi connectivity index (χ3n) is 7.30. The molecule has 4 heterocycles. The van der Waals surface area contributed by atoms with Gasteiger partial charge in [0.25, 0.3) is 0 Å². The lowest BCUT2D eigenvalue weighted by Crippen LogP contribution is -2.33. The third-order valence-corrected chi connectivity index (χ3v) is 7.30. The topological polar surface area (TPSA) is 105 Å². The third kappa shape index (κ3) is 6.29. The summed E-state index contributed by atoms with van der Waals surface area (Å²) in [7, 11) is 1.55. The Bertz CT molecular complexity index is 1030. The first kappa shape index (κ1) is 24.9. The van der Waals surface area contributed by atoms with Gasteiger partial charge in [-0.05, 0) is 75.0 Å². The molecule has 0 aliphatic carbocycles. The number of carbonyl (C=O) groups is 2. The molecule has 2 aromatic heterocycles. The molecular weight excluding hydrogens is 444 g/mol. The molecule has 1 saturated heterocycles. The summed E-state index contributed by atoms with van der Waals surface area (Å²) in [5, 5.41) is 12.8. The van der Waals surface area contributed by atoms with Crippen molar-refractivity contribution in [3.63, 3.8) is 0 Å². The Labute approximate surface area is 207 Å². The molecule has 2 aliphatic heterocycles. The maximum absolute atomic E-state index is 13.1. The summed E-state index contributed by atoms with van der Waals surface area (Å²) in [5.74, 6) is 0.781. The van der Waals surface area contributed by atoms with Crippen molar-refractivity contribution in [2.24, 2.45) is 5.92 Å². The number of amides is 1. The number of hydrogen-bond acceptors (Lipinski definition) is 6. The van der Waals surface area contributed by atoms with Crippen LogP contribution in [0, 0.1) is 5.92 Å². The summed E-state index contributed by atoms with van der Waals surface area (Å²) < 4.78 is 5.11. The molecule has 8 heteroatoms. The van der Waals surface area contributed by atoms with Crippen LogP contribution in [0.1, 0.15) is 68.2 Å². The van der Waals surface area contributed by atoms with Crippen molar-refractivity contribution in [3.8, 4) is 5.88 Å². The van der Waals surface area contributed by atoms with Crippen LogP contribution in [0.4, 0.5) is 5.82 Å². The van der Waals surface area contributed by atoms with Gasteiger partial charge in [0.15, 0.2) is 0 Å². The zero-order valence-corrected chi connectivity index (χ0v) is 20.7. The molecule has 0 bridgehead atoms. The van der Waals surface area contributed by atoms with Crippen LogP contribution in [0.25, 0.3) is 0 Å². The fourth-order valence-corrected chi connectivity index (χ4v) is 5.35. The van der Waals surface area contributed by atoms with E-state index in [0.717, 1.165) is 62.1 Å². The number of aryl methyl sites for hydroxylation is 2. The highest BCUT2D eigenvalue weighted by atomic mass is 16.5. The maximum atomic E-state index is 13.1. The molecule has 2 N–H and O–H groups in total. The average molecular weight is 481 g/mol. The summed E-state index contributed by atoms with van der Waals surface area (Å²) in [4.78, 5) is 35.5. The zero-order chi connectivity index (χ0) is 24.8. The number of pyridine rings is 2. The van der Waals surface area contributed by atoms with Crippen molar-refractivity contribution in [1.29, 1.82) is 0 Å². The predicted molar refractivity (Wildman–Crippen MR) is 134 cm³/mol. The van der Waals surface area contributed by atoms with E-state index in [2.05, 4.69) is 29.4 Å². The number of carbonyl (C=O) groups excluding carboxylic acids is 1. The Hall–Kier alpha value is -3.16. The fourth-order valence-electron chi connectivity index (χ4n) is 5.35. The van der Waals surface area contributed by atoms with Crippen molar-refractivity contribution in [2.45, 2.75) is 70.3 Å². The Balaban J connectivity index is 1.29. The van der Waals surface area contributed by atoms with Gasteiger partial charge in [-0.2, -0.15) is 0 Å². The molecule has 0 radical (unpaired) electrons. The largest absolute Gasteiger partial charge is 0.481 e. The van der Waals surface area contributed by atoms with Gasteiger partial charge in [-0.1, -0.05) is 12.1 Å². The Kier molecular flexibility index (Phi) is 8.21. The molecular formula is C27H36N4O4. The van der Waals surface area contributed by atoms with Crippen LogP contribution < -0.4 is 10.1 Å². The zero-order valence-electron chi connectivity index (χ0n) is 20.7. The number of methoxy groups -OCH3 is 1. The number of nitrogens with zero attached hydrogens (tertiary/aromatic N) is 3. The normalized spacial score (nSPS) is 20.3. The minimum atomic E-state index is -0.831. The second-order valence-corrected chi connectivity index (χ2v) is 9.76. The predicted octanol–water partition coefficient (Wildman–Crippen LogP) is 4.05. The van der Waals surface area contributed by atoms with Crippen LogP contribution in [0.5, 0.6) is 5.88 Å². The number of anilines is 1. The van der Waals surface area contributed by atoms with Gasteiger partial charge in [0.2, 0.25) is 11.8 Å². The molecule has 1 fully saturated rings. The van der Waals surface area contributed by atoms with E-state index in [4.69, 9.17) is 9.72 Å². The second kappa shape index (κ2) is 11.5. The highest BCUT2D eigenvalue weighted by Crippen LogP contribution is 2.31. The van der Waals surface area contributed by atoms with Crippen LogP contribution in [0.3, 0.4) is 0 Å². The number of nitrogens with one attached hydrogen (secondary N) is 1. The number of carboxylic acid groups (broad SMARTS) is 1. The molecule has 3 unspecified atom stereocenters. The van der Waals surface area contributed by atoms with Gasteiger partial charge in [0.05, 0.1) is 13.5 Å². The lowest BCUT2D eigenvalue weighted by atomic mass is 9.92. The number of ether oxygens (including phenoxy) is 1. The lowest BCUT2D eigenvalue weighted by Gasteiger charge is -2.23. The molecule has 2 aromatic rings. The Morgan fingerprint density at radius 3 is 2.91 bits per heavy atom. The Morgan fingerprint density at radius 2 is 2.17 bits per heavy atom. The minimum absolute atomic E-state index is 0.0244. The number of likely N-dealkylation sites (tertiary alicyclic amines) is 1. The van der Waals surface area contributed by atoms with E-state index in [9.17, 15) is 14.7 Å². The molecule has 4 rings (SSSR count). The van der Waals surface area contributed by atoms with E-state index in [0.29, 0.717) is 18.8 Å². The number of carboxylic acids is 1. The molecule has 0 spiro atoms. The molecule has 0 aromatic carbocycles. The van der Waals surface area contributed by atoms with Crippen LogP contribution in [0.2, 0.25) is 0 Å². The monoisotopic (exact) mass is 480 g/mol. The first-order valence-electron chi connectivity index (χ1n) is 12.7. The fraction of sp³-hybridized carbons (Fsp3) is 0.556. The first-order chi connectivity index (χ1) is 16.9. The highest BCUT2D eigenvalue weighted by Gasteiger charge is 2.36. The van der Waals surface area contributed by atoms with Crippen molar-refractivity contribution in [3.05, 3.63) is 47.3 Å². The smallest absolute Gasteiger partial charge is 0.303 e. The summed E-state index contributed by atoms with van der Waals surface area (Å²) in [5.41, 5.74) is 3.21. The summed E-state index contributed by atoms with van der Waals surface area (Å²) in [6.45, 7) is 3.73. The quantitative estimate of drug-likeness (QED) is 0.500. The van der Waals surface area contributed by atoms with Crippen LogP contribution in [-0.4, -0.2) is 58.1 Å². The summed E-state index contributed by atoms with van der Waals surface area (Å²) >= 11 is 0. The highest BCUT2D eigenvalue weighted by molar-refractivity contribution is 5.81. The van der Waals surface area contributed by atoms with Crippen LogP contribution in [0.15, 0.2) is 30.5 Å². The van der Waals surface area contributed by atoms with Crippen molar-refractivity contribution in [2.75, 3.05) is 25.5 Å². The number of aromatic nitrogens is 2. The Morgan fingerprint density at radius 1 is 1.31 bits per heavy atom. The van der Waals surface area contributed by atoms with Gasteiger partial charge in [-0.25, -0.2) is 9.97 Å². The number of rotatable bonds is 11. The number of aliphatic carboxylic acids is 1. The van der Waals surface area contributed by atoms with Gasteiger partial charge in [-0.3, -0.25) is 9.59 Å². The van der Waals surface area contributed by atoms with Gasteiger partial charge >= 0.3 is 5.97 Å². The molecule has 2 aliphatic rings. The van der Waals surface area contributed by atoms with E-state index in [1.54, 1.807) is 19.4 Å². The molecule has 188 valence electrons. The molecule has 1 amide bonds. The van der Waals surface area contributed by atoms with Crippen molar-refractivity contribution in [1.82, 2.24) is 14.9 Å². The van der Waals surface area contributed by atoms with Crippen LogP contribution >= 0.6 is 0 Å². The summed E-state index contributed by atoms with van der Waals surface area (Å²) in [6.07, 6.45) is 7.88. The second-order valence-electron chi connectivity index (χ2n) is 9.76. The van der Waals surface area contributed by atoms with E-state index in [-0.39, 0.29) is 30.2 Å². The van der Waals surface area contributed by atoms with E-state index in [1.165, 1.54) is 5.56 Å². The molecule has 0 saturated carbocycles. The van der Waals surface area contributed by atoms with Crippen LogP contribution in [-0.2, 0) is 22.4 Å². The van der Waals surface area contributed by atoms with Gasteiger partial charge in [0.1, 0.15) is 5.82 Å². The number of hydrogen-bond donors (Lipinski definition) is 2. The van der Waals surface area contributed by atoms with Gasteiger partial charge < -0.3 is 20.1 Å². The number of fused-ring (bicyclic) bond motifs is 1. The maximum Gasteiger partial charge on any atom is 0.303 e. The lowest BCUT2D eigenvalue weighted by molar-refractivity contribution is -0.137. The van der Waals surface area contributed by atoms with Gasteiger partial charge in [-0.15, -0.1) is 0 Å². The van der Waals surface area contributed by atoms with E-state index >= 15 is 0 Å². The van der Waals surface area contributed by atoms with Gasteiger partial charge in [0, 0.05) is 43.0 Å². The molecule has 8 nitrogen and oxygen atoms in total. The molecule has 3 atom stereocenters. The standard InChI is InChI=1S/C27H36N4O4/c1-18-15-21(8-11-23-10-7-19-5-3-13-28-26(19)30-23)27(34)31(18)14-4-6-20(16-25(32)33)22-9-12-24(35-2)29-17-22/h7,9-10,12,17-18,20-21H,3-6,8,11,13-16H2,1-2H3,(H,28,30)(H,32,33).